The van der Waals surface area contributed by atoms with E-state index in [0.717, 1.165) is 58.4 Å². The van der Waals surface area contributed by atoms with Crippen molar-refractivity contribution in [3.63, 3.8) is 0 Å². The summed E-state index contributed by atoms with van der Waals surface area (Å²) in [7, 11) is 3.27. The monoisotopic (exact) mass is 872 g/mol. The summed E-state index contributed by atoms with van der Waals surface area (Å²) in [6, 6.07) is 32.7. The molecule has 0 saturated heterocycles. The number of hydrogen-bond acceptors (Lipinski definition) is 12. The highest BCUT2D eigenvalue weighted by Crippen LogP contribution is 2.21. The molecule has 0 spiro atoms. The lowest BCUT2D eigenvalue weighted by Crippen LogP contribution is -2.39. The molecule has 0 aliphatic heterocycles. The number of aromatic amines is 2. The van der Waals surface area contributed by atoms with Crippen molar-refractivity contribution in [3.8, 4) is 23.0 Å². The maximum atomic E-state index is 13.4. The molecule has 0 radical (unpaired) electrons. The second-order valence-electron chi connectivity index (χ2n) is 15.2. The van der Waals surface area contributed by atoms with Gasteiger partial charge in [-0.25, -0.2) is 9.59 Å². The van der Waals surface area contributed by atoms with E-state index in [0.29, 0.717) is 61.8 Å². The number of carbonyl (C=O) groups is 2. The third kappa shape index (κ3) is 14.3. The zero-order chi connectivity index (χ0) is 45.3. The summed E-state index contributed by atoms with van der Waals surface area (Å²) in [5.74, 6) is 1.16. The fourth-order valence-corrected chi connectivity index (χ4v) is 7.18. The molecule has 2 atom stereocenters. The molecule has 0 aliphatic rings. The summed E-state index contributed by atoms with van der Waals surface area (Å²) in [5.41, 5.74) is 3.16. The van der Waals surface area contributed by atoms with Crippen LogP contribution in [-0.2, 0) is 31.9 Å². The predicted octanol–water partition coefficient (Wildman–Crippen LogP) is 6.35. The summed E-state index contributed by atoms with van der Waals surface area (Å²) < 4.78 is 35.0. The normalized spacial score (nSPS) is 12.4. The van der Waals surface area contributed by atoms with Gasteiger partial charge in [-0.15, -0.1) is 0 Å². The number of rotatable bonds is 24. The van der Waals surface area contributed by atoms with Gasteiger partial charge in [0.05, 0.1) is 14.2 Å². The molecule has 2 aromatic heterocycles. The lowest BCUT2D eigenvalue weighted by atomic mass is 10.1. The first-order chi connectivity index (χ1) is 31.1. The average Bonchev–Trinajstić information content (AvgIpc) is 3.31. The Bertz CT molecular complexity index is 2450. The minimum absolute atomic E-state index is 0.0292. The van der Waals surface area contributed by atoms with Gasteiger partial charge >= 0.3 is 11.9 Å². The van der Waals surface area contributed by atoms with E-state index < -0.39 is 24.1 Å². The zero-order valence-corrected chi connectivity index (χ0v) is 36.7. The number of benzene rings is 4. The van der Waals surface area contributed by atoms with Crippen LogP contribution < -0.4 is 30.1 Å². The number of pyridine rings is 2. The molecule has 0 aliphatic carbocycles. The van der Waals surface area contributed by atoms with Crippen LogP contribution in [0.25, 0.3) is 21.8 Å². The number of hydrogen-bond donors (Lipinski definition) is 2. The largest absolute Gasteiger partial charge is 0.497 e. The number of ether oxygens (including phenoxy) is 6. The molecule has 0 saturated carbocycles. The van der Waals surface area contributed by atoms with Crippen molar-refractivity contribution in [2.24, 2.45) is 0 Å². The van der Waals surface area contributed by atoms with Gasteiger partial charge in [-0.1, -0.05) is 38.1 Å². The number of aromatic nitrogens is 2. The number of esters is 2. The summed E-state index contributed by atoms with van der Waals surface area (Å²) in [6.45, 7) is 7.57. The van der Waals surface area contributed by atoms with E-state index in [1.54, 1.807) is 62.8 Å². The highest BCUT2D eigenvalue weighted by molar-refractivity contribution is 5.91. The molecule has 336 valence electrons. The lowest BCUT2D eigenvalue weighted by Gasteiger charge is -2.26. The first-order valence-corrected chi connectivity index (χ1v) is 21.4. The van der Waals surface area contributed by atoms with Gasteiger partial charge in [-0.2, -0.15) is 0 Å². The van der Waals surface area contributed by atoms with E-state index in [4.69, 9.17) is 28.4 Å². The first-order valence-electron chi connectivity index (χ1n) is 21.4. The van der Waals surface area contributed by atoms with Crippen LogP contribution in [0.4, 0.5) is 0 Å². The Morgan fingerprint density at radius 3 is 1.41 bits per heavy atom. The Morgan fingerprint density at radius 1 is 0.562 bits per heavy atom. The molecule has 6 rings (SSSR count). The number of carbonyl (C=O) groups excluding carboxylic acids is 2. The molecule has 2 heterocycles. The van der Waals surface area contributed by atoms with Crippen molar-refractivity contribution >= 4 is 33.7 Å². The van der Waals surface area contributed by atoms with Gasteiger partial charge < -0.3 is 38.4 Å². The van der Waals surface area contributed by atoms with Gasteiger partial charge in [0.2, 0.25) is 11.1 Å². The summed E-state index contributed by atoms with van der Waals surface area (Å²) in [5, 5.41) is 1.58. The summed E-state index contributed by atoms with van der Waals surface area (Å²) in [4.78, 5) is 60.4. The van der Waals surface area contributed by atoms with Crippen LogP contribution in [0.3, 0.4) is 0 Å². The molecule has 6 aromatic rings. The third-order valence-electron chi connectivity index (χ3n) is 10.7. The van der Waals surface area contributed by atoms with Gasteiger partial charge in [0, 0.05) is 72.3 Å². The number of likely N-dealkylation sites (N-methyl/N-ethyl adjacent to an activating group) is 2. The van der Waals surface area contributed by atoms with Crippen LogP contribution in [-0.4, -0.2) is 111 Å². The summed E-state index contributed by atoms with van der Waals surface area (Å²) >= 11 is 0. The van der Waals surface area contributed by atoms with E-state index >= 15 is 0 Å². The topological polar surface area (TPSA) is 162 Å². The van der Waals surface area contributed by atoms with E-state index in [-0.39, 0.29) is 24.3 Å². The highest BCUT2D eigenvalue weighted by atomic mass is 16.6. The minimum atomic E-state index is -0.735. The van der Waals surface area contributed by atoms with Crippen LogP contribution in [0.5, 0.6) is 23.0 Å². The SMILES string of the molecule is CCN(CCc1cccc(OC)c1)CC(COc1ccc2[nH]c(=O)ccc2c1)OC(=O)/C=C/C(=O)OC(COc1ccc2[nH]c(=O)ccc2c1)CN(CC)CCc1cccc(OC)c1. The van der Waals surface area contributed by atoms with Crippen LogP contribution >= 0.6 is 0 Å². The van der Waals surface area contributed by atoms with Crippen molar-refractivity contribution in [1.82, 2.24) is 19.8 Å². The van der Waals surface area contributed by atoms with Gasteiger partial charge in [-0.3, -0.25) is 19.4 Å². The molecule has 14 nitrogen and oxygen atoms in total. The highest BCUT2D eigenvalue weighted by Gasteiger charge is 2.21. The first kappa shape index (κ1) is 46.6. The van der Waals surface area contributed by atoms with Crippen LogP contribution in [0.15, 0.2) is 131 Å². The van der Waals surface area contributed by atoms with E-state index in [2.05, 4.69) is 19.8 Å². The predicted molar refractivity (Wildman–Crippen MR) is 247 cm³/mol. The standard InChI is InChI=1S/C50H56N4O10/c1-5-53(25-23-35-9-7-11-39(27-35)59-3)31-43(33-61-41-15-17-45-37(29-41)13-19-47(55)51-45)63-49(57)21-22-50(58)64-44(32-54(6-2)26-24-36-10-8-12-40(28-36)60-4)34-62-42-16-18-46-38(30-42)14-20-48(56)52-46/h7-22,27-30,43-44H,5-6,23-26,31-34H2,1-4H3,(H,51,55)(H,52,56)/b22-21+. The minimum Gasteiger partial charge on any atom is -0.497 e. The second-order valence-corrected chi connectivity index (χ2v) is 15.2. The molecule has 2 N–H and O–H groups in total. The average molecular weight is 873 g/mol. The molecular formula is C50H56N4O10. The molecule has 14 heteroatoms. The van der Waals surface area contributed by atoms with Gasteiger partial charge in [0.25, 0.3) is 0 Å². The maximum Gasteiger partial charge on any atom is 0.331 e. The molecule has 64 heavy (non-hydrogen) atoms. The number of nitrogens with zero attached hydrogens (tertiary/aromatic N) is 2. The van der Waals surface area contributed by atoms with E-state index in [1.165, 1.54) is 12.1 Å². The third-order valence-corrected chi connectivity index (χ3v) is 10.7. The Morgan fingerprint density at radius 2 is 1.00 bits per heavy atom. The lowest BCUT2D eigenvalue weighted by molar-refractivity contribution is -0.148. The Kier molecular flexibility index (Phi) is 17.1. The van der Waals surface area contributed by atoms with Gasteiger partial charge in [0.1, 0.15) is 48.4 Å². The van der Waals surface area contributed by atoms with E-state index in [1.807, 2.05) is 62.4 Å². The van der Waals surface area contributed by atoms with Gasteiger partial charge in [0.15, 0.2) is 0 Å². The van der Waals surface area contributed by atoms with Crippen molar-refractivity contribution in [3.05, 3.63) is 153 Å². The van der Waals surface area contributed by atoms with Crippen LogP contribution in [0.2, 0.25) is 0 Å². The molecule has 0 bridgehead atoms. The van der Waals surface area contributed by atoms with Crippen molar-refractivity contribution < 1.29 is 38.0 Å². The molecule has 0 amide bonds. The Labute approximate surface area is 372 Å². The van der Waals surface area contributed by atoms with Crippen molar-refractivity contribution in [1.29, 1.82) is 0 Å². The number of H-pyrrole nitrogens is 2. The smallest absolute Gasteiger partial charge is 0.331 e. The van der Waals surface area contributed by atoms with Crippen LogP contribution in [0.1, 0.15) is 25.0 Å². The second kappa shape index (κ2) is 23.5. The van der Waals surface area contributed by atoms with Crippen LogP contribution in [0, 0.1) is 0 Å². The fraction of sp³-hybridized carbons (Fsp3) is 0.320. The summed E-state index contributed by atoms with van der Waals surface area (Å²) in [6.07, 6.45) is 2.18. The number of nitrogens with one attached hydrogen (secondary N) is 2. The Hall–Kier alpha value is -6.90. The molecular weight excluding hydrogens is 817 g/mol. The van der Waals surface area contributed by atoms with Gasteiger partial charge in [-0.05, 0) is 110 Å². The quantitative estimate of drug-likeness (QED) is 0.0513. The molecule has 4 aromatic carbocycles. The number of fused-ring (bicyclic) bond motifs is 2. The molecule has 2 unspecified atom stereocenters. The fourth-order valence-electron chi connectivity index (χ4n) is 7.18. The maximum absolute atomic E-state index is 13.4. The zero-order valence-electron chi connectivity index (χ0n) is 36.7. The van der Waals surface area contributed by atoms with Crippen molar-refractivity contribution in [2.45, 2.75) is 38.9 Å². The van der Waals surface area contributed by atoms with Crippen molar-refractivity contribution in [2.75, 3.05) is 66.7 Å². The van der Waals surface area contributed by atoms with E-state index in [9.17, 15) is 19.2 Å². The number of methoxy groups -OCH3 is 2. The Balaban J connectivity index is 1.12. The molecule has 0 fully saturated rings.